The quantitative estimate of drug-likeness (QED) is 0.735. The van der Waals surface area contributed by atoms with Gasteiger partial charge in [-0.05, 0) is 29.5 Å². The summed E-state index contributed by atoms with van der Waals surface area (Å²) in [5, 5.41) is 5.89. The van der Waals surface area contributed by atoms with Crippen molar-refractivity contribution in [3.05, 3.63) is 58.3 Å². The van der Waals surface area contributed by atoms with Crippen LogP contribution in [-0.2, 0) is 0 Å². The summed E-state index contributed by atoms with van der Waals surface area (Å²) < 4.78 is 0. The molecule has 108 valence electrons. The van der Waals surface area contributed by atoms with Crippen molar-refractivity contribution in [3.8, 4) is 0 Å². The third-order valence-electron chi connectivity index (χ3n) is 4.07. The smallest absolute Gasteiger partial charge is 0.0486 e. The third-order valence-corrected chi connectivity index (χ3v) is 5.03. The average Bonchev–Trinajstić information content (AvgIpc) is 3.01. The molecule has 0 aliphatic carbocycles. The van der Waals surface area contributed by atoms with Crippen molar-refractivity contribution < 1.29 is 0 Å². The number of rotatable bonds is 7. The number of thiophene rings is 1. The van der Waals surface area contributed by atoms with E-state index in [-0.39, 0.29) is 0 Å². The molecule has 0 bridgehead atoms. The normalized spacial score (nSPS) is 15.8. The van der Waals surface area contributed by atoms with Gasteiger partial charge in [0.15, 0.2) is 0 Å². The predicted octanol–water partition coefficient (Wildman–Crippen LogP) is 5.23. The minimum Gasteiger partial charge on any atom is -0.309 e. The molecule has 1 heterocycles. The standard InChI is InChI=1S/C18H25NS/c1-4-14(3)17(15-10-7-6-8-11-15)18(19-5-2)16-12-9-13-20-16/h6-14,17-19H,4-5H2,1-3H3. The maximum absolute atomic E-state index is 3.71. The maximum atomic E-state index is 3.71. The molecule has 0 spiro atoms. The Morgan fingerprint density at radius 2 is 1.80 bits per heavy atom. The van der Waals surface area contributed by atoms with Gasteiger partial charge in [-0.15, -0.1) is 11.3 Å². The van der Waals surface area contributed by atoms with Crippen LogP contribution in [0.2, 0.25) is 0 Å². The van der Waals surface area contributed by atoms with Crippen molar-refractivity contribution >= 4 is 11.3 Å². The first-order valence-electron chi connectivity index (χ1n) is 7.59. The molecule has 2 aromatic rings. The summed E-state index contributed by atoms with van der Waals surface area (Å²) in [6.07, 6.45) is 1.20. The van der Waals surface area contributed by atoms with Crippen molar-refractivity contribution in [1.82, 2.24) is 5.32 Å². The van der Waals surface area contributed by atoms with Gasteiger partial charge in [0.1, 0.15) is 0 Å². The van der Waals surface area contributed by atoms with Crippen LogP contribution in [0.1, 0.15) is 49.6 Å². The van der Waals surface area contributed by atoms with Gasteiger partial charge in [-0.3, -0.25) is 0 Å². The molecular weight excluding hydrogens is 262 g/mol. The summed E-state index contributed by atoms with van der Waals surface area (Å²) in [5.41, 5.74) is 1.45. The Morgan fingerprint density at radius 1 is 1.05 bits per heavy atom. The Balaban J connectivity index is 2.37. The lowest BCUT2D eigenvalue weighted by atomic mass is 9.79. The Morgan fingerprint density at radius 3 is 2.35 bits per heavy atom. The zero-order valence-electron chi connectivity index (χ0n) is 12.7. The lowest BCUT2D eigenvalue weighted by Crippen LogP contribution is -2.29. The highest BCUT2D eigenvalue weighted by molar-refractivity contribution is 7.10. The molecule has 0 amide bonds. The summed E-state index contributed by atoms with van der Waals surface area (Å²) >= 11 is 1.86. The van der Waals surface area contributed by atoms with Crippen molar-refractivity contribution in [2.45, 2.75) is 39.2 Å². The number of benzene rings is 1. The van der Waals surface area contributed by atoms with Gasteiger partial charge in [-0.2, -0.15) is 0 Å². The molecule has 1 nitrogen and oxygen atoms in total. The van der Waals surface area contributed by atoms with Crippen molar-refractivity contribution in [2.75, 3.05) is 6.54 Å². The molecule has 0 aliphatic heterocycles. The molecule has 1 aromatic carbocycles. The van der Waals surface area contributed by atoms with Crippen molar-refractivity contribution in [1.29, 1.82) is 0 Å². The highest BCUT2D eigenvalue weighted by Crippen LogP contribution is 2.39. The molecule has 0 aliphatic rings. The van der Waals surface area contributed by atoms with E-state index in [1.54, 1.807) is 0 Å². The molecule has 3 unspecified atom stereocenters. The largest absolute Gasteiger partial charge is 0.309 e. The van der Waals surface area contributed by atoms with Gasteiger partial charge >= 0.3 is 0 Å². The maximum Gasteiger partial charge on any atom is 0.0486 e. The van der Waals surface area contributed by atoms with Crippen LogP contribution in [0.15, 0.2) is 47.8 Å². The van der Waals surface area contributed by atoms with Crippen LogP contribution in [-0.4, -0.2) is 6.54 Å². The monoisotopic (exact) mass is 287 g/mol. The second-order valence-electron chi connectivity index (χ2n) is 5.37. The first kappa shape index (κ1) is 15.3. The Labute approximate surface area is 127 Å². The van der Waals surface area contributed by atoms with Gasteiger partial charge in [0.2, 0.25) is 0 Å². The summed E-state index contributed by atoms with van der Waals surface area (Å²) in [6.45, 7) is 7.86. The van der Waals surface area contributed by atoms with Gasteiger partial charge in [-0.25, -0.2) is 0 Å². The zero-order chi connectivity index (χ0) is 14.4. The van der Waals surface area contributed by atoms with E-state index in [4.69, 9.17) is 0 Å². The van der Waals surface area contributed by atoms with E-state index in [0.717, 1.165) is 6.54 Å². The van der Waals surface area contributed by atoms with E-state index in [1.807, 2.05) is 11.3 Å². The first-order chi connectivity index (χ1) is 9.77. The topological polar surface area (TPSA) is 12.0 Å². The molecule has 20 heavy (non-hydrogen) atoms. The molecule has 1 aromatic heterocycles. The first-order valence-corrected chi connectivity index (χ1v) is 8.47. The molecule has 0 saturated carbocycles. The Bertz CT molecular complexity index is 477. The van der Waals surface area contributed by atoms with Gasteiger partial charge in [-0.1, -0.05) is 63.6 Å². The second-order valence-corrected chi connectivity index (χ2v) is 6.35. The SMILES string of the molecule is CCNC(c1cccs1)C(c1ccccc1)C(C)CC. The predicted molar refractivity (Wildman–Crippen MR) is 89.4 cm³/mol. The summed E-state index contributed by atoms with van der Waals surface area (Å²) in [7, 11) is 0. The van der Waals surface area contributed by atoms with Crippen LogP contribution >= 0.6 is 11.3 Å². The van der Waals surface area contributed by atoms with Crippen LogP contribution in [0.5, 0.6) is 0 Å². The lowest BCUT2D eigenvalue weighted by Gasteiger charge is -2.32. The van der Waals surface area contributed by atoms with Gasteiger partial charge in [0, 0.05) is 16.8 Å². The van der Waals surface area contributed by atoms with Crippen LogP contribution in [0.25, 0.3) is 0 Å². The summed E-state index contributed by atoms with van der Waals surface area (Å²) in [6, 6.07) is 15.8. The third kappa shape index (κ3) is 3.50. The number of likely N-dealkylation sites (N-methyl/N-ethyl adjacent to an activating group) is 1. The van der Waals surface area contributed by atoms with E-state index >= 15 is 0 Å². The minimum atomic E-state index is 0.414. The van der Waals surface area contributed by atoms with Crippen LogP contribution in [0, 0.1) is 5.92 Å². The Kier molecular flexibility index (Phi) is 5.81. The summed E-state index contributed by atoms with van der Waals surface area (Å²) in [5.74, 6) is 1.18. The molecule has 1 N–H and O–H groups in total. The summed E-state index contributed by atoms with van der Waals surface area (Å²) in [4.78, 5) is 1.45. The highest BCUT2D eigenvalue weighted by Gasteiger charge is 2.28. The minimum absolute atomic E-state index is 0.414. The lowest BCUT2D eigenvalue weighted by molar-refractivity contribution is 0.347. The van der Waals surface area contributed by atoms with Crippen molar-refractivity contribution in [2.24, 2.45) is 5.92 Å². The zero-order valence-corrected chi connectivity index (χ0v) is 13.5. The fourth-order valence-corrected chi connectivity index (χ4v) is 3.72. The van der Waals surface area contributed by atoms with Crippen molar-refractivity contribution in [3.63, 3.8) is 0 Å². The fraction of sp³-hybridized carbons (Fsp3) is 0.444. The number of hydrogen-bond acceptors (Lipinski definition) is 2. The Hall–Kier alpha value is -1.12. The molecular formula is C18H25NS. The van der Waals surface area contributed by atoms with Gasteiger partial charge in [0.05, 0.1) is 0 Å². The molecule has 0 radical (unpaired) electrons. The van der Waals surface area contributed by atoms with Gasteiger partial charge < -0.3 is 5.32 Å². The fourth-order valence-electron chi connectivity index (χ4n) is 2.87. The van der Waals surface area contributed by atoms with E-state index < -0.39 is 0 Å². The van der Waals surface area contributed by atoms with Crippen LogP contribution in [0.4, 0.5) is 0 Å². The van der Waals surface area contributed by atoms with Gasteiger partial charge in [0.25, 0.3) is 0 Å². The van der Waals surface area contributed by atoms with Crippen LogP contribution < -0.4 is 5.32 Å². The number of hydrogen-bond donors (Lipinski definition) is 1. The van der Waals surface area contributed by atoms with E-state index in [9.17, 15) is 0 Å². The molecule has 2 heteroatoms. The molecule has 3 atom stereocenters. The average molecular weight is 287 g/mol. The molecule has 0 fully saturated rings. The van der Waals surface area contributed by atoms with E-state index in [2.05, 4.69) is 73.9 Å². The molecule has 0 saturated heterocycles. The van der Waals surface area contributed by atoms with E-state index in [1.165, 1.54) is 16.9 Å². The molecule has 2 rings (SSSR count). The number of nitrogens with one attached hydrogen (secondary N) is 1. The second kappa shape index (κ2) is 7.61. The van der Waals surface area contributed by atoms with Crippen LogP contribution in [0.3, 0.4) is 0 Å². The van der Waals surface area contributed by atoms with E-state index in [0.29, 0.717) is 17.9 Å². The highest BCUT2D eigenvalue weighted by atomic mass is 32.1.